The molecule has 116 valence electrons. The van der Waals surface area contributed by atoms with E-state index in [0.29, 0.717) is 10.7 Å². The van der Waals surface area contributed by atoms with Gasteiger partial charge in [0.05, 0.1) is 5.69 Å². The van der Waals surface area contributed by atoms with E-state index < -0.39 is 0 Å². The minimum absolute atomic E-state index is 0.0938. The molecule has 23 heavy (non-hydrogen) atoms. The molecule has 0 aliphatic carbocycles. The number of rotatable bonds is 3. The lowest BCUT2D eigenvalue weighted by Crippen LogP contribution is -2.27. The molecular formula is C16H14ClN5O. The van der Waals surface area contributed by atoms with Gasteiger partial charge in [-0.05, 0) is 30.3 Å². The van der Waals surface area contributed by atoms with Crippen LogP contribution >= 0.6 is 11.6 Å². The van der Waals surface area contributed by atoms with Crippen molar-refractivity contribution in [1.82, 2.24) is 15.0 Å². The second-order valence-corrected chi connectivity index (χ2v) is 5.35. The first-order valence-electron chi connectivity index (χ1n) is 6.88. The van der Waals surface area contributed by atoms with Crippen molar-refractivity contribution in [3.05, 3.63) is 65.3 Å². The predicted octanol–water partition coefficient (Wildman–Crippen LogP) is 2.78. The first kappa shape index (κ1) is 15.1. The van der Waals surface area contributed by atoms with Gasteiger partial charge in [0.2, 0.25) is 0 Å². The van der Waals surface area contributed by atoms with Crippen molar-refractivity contribution in [2.75, 3.05) is 17.7 Å². The molecule has 3 rings (SSSR count). The zero-order chi connectivity index (χ0) is 16.4. The standard InChI is InChI=1S/C16H14ClN5O/c1-21(12-7-3-2-4-8-12)16(23)14-15(18)22(20-19-14)13-9-5-6-11(17)10-13/h2-10H,18H2,1H3. The van der Waals surface area contributed by atoms with Crippen molar-refractivity contribution in [3.8, 4) is 5.69 Å². The minimum atomic E-state index is -0.332. The van der Waals surface area contributed by atoms with Gasteiger partial charge in [0.15, 0.2) is 11.5 Å². The Morgan fingerprint density at radius 2 is 1.91 bits per heavy atom. The lowest BCUT2D eigenvalue weighted by atomic mass is 10.2. The van der Waals surface area contributed by atoms with Crippen LogP contribution in [-0.2, 0) is 0 Å². The smallest absolute Gasteiger partial charge is 0.282 e. The minimum Gasteiger partial charge on any atom is -0.382 e. The molecule has 3 aromatic rings. The Bertz CT molecular complexity index is 847. The number of para-hydroxylation sites is 1. The van der Waals surface area contributed by atoms with Crippen LogP contribution in [0.1, 0.15) is 10.5 Å². The largest absolute Gasteiger partial charge is 0.382 e. The van der Waals surface area contributed by atoms with Gasteiger partial charge in [0.1, 0.15) is 0 Å². The third kappa shape index (κ3) is 2.89. The van der Waals surface area contributed by atoms with E-state index in [9.17, 15) is 4.79 Å². The number of carbonyl (C=O) groups excluding carboxylic acids is 1. The molecule has 1 aromatic heterocycles. The van der Waals surface area contributed by atoms with Gasteiger partial charge in [-0.3, -0.25) is 4.79 Å². The number of nitrogen functional groups attached to an aromatic ring is 1. The Morgan fingerprint density at radius 3 is 2.61 bits per heavy atom. The lowest BCUT2D eigenvalue weighted by molar-refractivity contribution is 0.0989. The number of amides is 1. The average Bonchev–Trinajstić information content (AvgIpc) is 2.96. The van der Waals surface area contributed by atoms with Gasteiger partial charge < -0.3 is 10.6 Å². The van der Waals surface area contributed by atoms with Crippen molar-refractivity contribution in [1.29, 1.82) is 0 Å². The predicted molar refractivity (Wildman–Crippen MR) is 90.0 cm³/mol. The van der Waals surface area contributed by atoms with Crippen LogP contribution in [0.25, 0.3) is 5.69 Å². The second-order valence-electron chi connectivity index (χ2n) is 4.91. The van der Waals surface area contributed by atoms with E-state index in [1.807, 2.05) is 30.3 Å². The number of anilines is 2. The first-order chi connectivity index (χ1) is 11.1. The number of nitrogens with zero attached hydrogens (tertiary/aromatic N) is 4. The highest BCUT2D eigenvalue weighted by molar-refractivity contribution is 6.30. The summed E-state index contributed by atoms with van der Waals surface area (Å²) in [5, 5.41) is 8.43. The monoisotopic (exact) mass is 327 g/mol. The van der Waals surface area contributed by atoms with Crippen molar-refractivity contribution in [2.45, 2.75) is 0 Å². The van der Waals surface area contributed by atoms with E-state index in [0.717, 1.165) is 5.69 Å². The molecule has 7 heteroatoms. The topological polar surface area (TPSA) is 77.0 Å². The highest BCUT2D eigenvalue weighted by Gasteiger charge is 2.22. The van der Waals surface area contributed by atoms with Crippen LogP contribution in [-0.4, -0.2) is 27.9 Å². The molecule has 0 spiro atoms. The maximum Gasteiger partial charge on any atom is 0.282 e. The quantitative estimate of drug-likeness (QED) is 0.802. The molecule has 2 N–H and O–H groups in total. The van der Waals surface area contributed by atoms with Crippen LogP contribution in [0.5, 0.6) is 0 Å². The molecule has 6 nitrogen and oxygen atoms in total. The van der Waals surface area contributed by atoms with E-state index in [2.05, 4.69) is 10.3 Å². The Labute approximate surface area is 138 Å². The fourth-order valence-electron chi connectivity index (χ4n) is 2.17. The molecule has 0 aliphatic heterocycles. The summed E-state index contributed by atoms with van der Waals surface area (Å²) < 4.78 is 1.39. The van der Waals surface area contributed by atoms with E-state index in [-0.39, 0.29) is 17.4 Å². The Balaban J connectivity index is 1.94. The van der Waals surface area contributed by atoms with Crippen molar-refractivity contribution in [3.63, 3.8) is 0 Å². The number of hydrogen-bond acceptors (Lipinski definition) is 4. The fourth-order valence-corrected chi connectivity index (χ4v) is 2.35. The van der Waals surface area contributed by atoms with Crippen LogP contribution in [0.15, 0.2) is 54.6 Å². The molecule has 1 heterocycles. The summed E-state index contributed by atoms with van der Waals surface area (Å²) in [5.74, 6) is -0.165. The molecule has 0 saturated carbocycles. The second kappa shape index (κ2) is 6.10. The summed E-state index contributed by atoms with van der Waals surface area (Å²) in [6, 6.07) is 16.2. The summed E-state index contributed by atoms with van der Waals surface area (Å²) in [4.78, 5) is 14.1. The van der Waals surface area contributed by atoms with E-state index in [4.69, 9.17) is 17.3 Å². The van der Waals surface area contributed by atoms with Crippen molar-refractivity contribution >= 4 is 29.0 Å². The van der Waals surface area contributed by atoms with Crippen molar-refractivity contribution < 1.29 is 4.79 Å². The maximum absolute atomic E-state index is 12.6. The third-order valence-corrected chi connectivity index (χ3v) is 3.64. The van der Waals surface area contributed by atoms with Crippen LogP contribution in [0.4, 0.5) is 11.5 Å². The number of carbonyl (C=O) groups is 1. The number of nitrogens with two attached hydrogens (primary N) is 1. The molecule has 0 saturated heterocycles. The van der Waals surface area contributed by atoms with Crippen LogP contribution in [0, 0.1) is 0 Å². The molecule has 0 radical (unpaired) electrons. The van der Waals surface area contributed by atoms with Crippen molar-refractivity contribution in [2.24, 2.45) is 0 Å². The van der Waals surface area contributed by atoms with Gasteiger partial charge in [-0.2, -0.15) is 4.68 Å². The molecule has 0 bridgehead atoms. The number of aromatic nitrogens is 3. The van der Waals surface area contributed by atoms with E-state index >= 15 is 0 Å². The number of hydrogen-bond donors (Lipinski definition) is 1. The summed E-state index contributed by atoms with van der Waals surface area (Å²) in [5.41, 5.74) is 7.53. The van der Waals surface area contributed by atoms with Crippen LogP contribution < -0.4 is 10.6 Å². The molecule has 1 amide bonds. The number of benzene rings is 2. The van der Waals surface area contributed by atoms with Gasteiger partial charge in [0, 0.05) is 17.8 Å². The molecular weight excluding hydrogens is 314 g/mol. The maximum atomic E-state index is 12.6. The van der Waals surface area contributed by atoms with Crippen LogP contribution in [0.3, 0.4) is 0 Å². The van der Waals surface area contributed by atoms with Gasteiger partial charge >= 0.3 is 0 Å². The van der Waals surface area contributed by atoms with E-state index in [1.54, 1.807) is 31.3 Å². The molecule has 0 atom stereocenters. The number of halogens is 1. The zero-order valence-corrected chi connectivity index (χ0v) is 13.1. The fraction of sp³-hybridized carbons (Fsp3) is 0.0625. The lowest BCUT2D eigenvalue weighted by Gasteiger charge is -2.15. The van der Waals surface area contributed by atoms with Gasteiger partial charge in [-0.1, -0.05) is 41.1 Å². The Hall–Kier alpha value is -2.86. The summed E-state index contributed by atoms with van der Waals surface area (Å²) in [7, 11) is 1.66. The van der Waals surface area contributed by atoms with Gasteiger partial charge in [-0.15, -0.1) is 5.10 Å². The molecule has 0 fully saturated rings. The first-order valence-corrected chi connectivity index (χ1v) is 7.26. The van der Waals surface area contributed by atoms with E-state index in [1.165, 1.54) is 9.58 Å². The average molecular weight is 328 g/mol. The van der Waals surface area contributed by atoms with Crippen LogP contribution in [0.2, 0.25) is 5.02 Å². The molecule has 0 unspecified atom stereocenters. The summed E-state index contributed by atoms with van der Waals surface area (Å²) in [6.45, 7) is 0. The molecule has 0 aliphatic rings. The molecule has 2 aromatic carbocycles. The highest BCUT2D eigenvalue weighted by atomic mass is 35.5. The Kier molecular flexibility index (Phi) is 3.99. The Morgan fingerprint density at radius 1 is 1.17 bits per heavy atom. The van der Waals surface area contributed by atoms with Gasteiger partial charge in [0.25, 0.3) is 5.91 Å². The SMILES string of the molecule is CN(C(=O)c1nnn(-c2cccc(Cl)c2)c1N)c1ccccc1. The normalized spacial score (nSPS) is 10.5. The summed E-state index contributed by atoms with van der Waals surface area (Å²) >= 11 is 5.97. The van der Waals surface area contributed by atoms with Gasteiger partial charge in [-0.25, -0.2) is 0 Å². The zero-order valence-electron chi connectivity index (χ0n) is 12.3. The highest BCUT2D eigenvalue weighted by Crippen LogP contribution is 2.21. The third-order valence-electron chi connectivity index (χ3n) is 3.41. The summed E-state index contributed by atoms with van der Waals surface area (Å²) in [6.07, 6.45) is 0.